The van der Waals surface area contributed by atoms with Gasteiger partial charge in [0.1, 0.15) is 4.88 Å². The highest BCUT2D eigenvalue weighted by atomic mass is 32.2. The number of sulfone groups is 1. The van der Waals surface area contributed by atoms with Gasteiger partial charge in [0.25, 0.3) is 5.91 Å². The molecule has 1 amide bonds. The first-order valence-corrected chi connectivity index (χ1v) is 12.0. The quantitative estimate of drug-likeness (QED) is 0.766. The molecule has 6 nitrogen and oxygen atoms in total. The lowest BCUT2D eigenvalue weighted by molar-refractivity contribution is -0.124. The van der Waals surface area contributed by atoms with Crippen molar-refractivity contribution in [1.29, 1.82) is 0 Å². The monoisotopic (exact) mass is 413 g/mol. The summed E-state index contributed by atoms with van der Waals surface area (Å²) in [5, 5.41) is 2.62. The number of thiophene rings is 1. The molecule has 0 aromatic carbocycles. The molecule has 2 atom stereocenters. The summed E-state index contributed by atoms with van der Waals surface area (Å²) >= 11 is 1.45. The summed E-state index contributed by atoms with van der Waals surface area (Å²) in [6.07, 6.45) is 3.48. The molecule has 0 radical (unpaired) electrons. The zero-order valence-corrected chi connectivity index (χ0v) is 17.7. The lowest BCUT2D eigenvalue weighted by Gasteiger charge is -2.33. The molecule has 1 saturated heterocycles. The highest BCUT2D eigenvalue weighted by Gasteiger charge is 2.31. The summed E-state index contributed by atoms with van der Waals surface area (Å²) in [6, 6.07) is 1.52. The van der Waals surface area contributed by atoms with Gasteiger partial charge in [0.2, 0.25) is 0 Å². The number of hydrogen-bond donors (Lipinski definition) is 1. The van der Waals surface area contributed by atoms with Gasteiger partial charge in [0.05, 0.1) is 11.5 Å². The van der Waals surface area contributed by atoms with Gasteiger partial charge in [-0.05, 0) is 48.6 Å². The Morgan fingerprint density at radius 3 is 2.67 bits per heavy atom. The van der Waals surface area contributed by atoms with Gasteiger partial charge in [-0.3, -0.25) is 4.79 Å². The average molecular weight is 414 g/mol. The van der Waals surface area contributed by atoms with Gasteiger partial charge >= 0.3 is 5.97 Å². The fourth-order valence-electron chi connectivity index (χ4n) is 3.74. The van der Waals surface area contributed by atoms with E-state index in [-0.39, 0.29) is 29.6 Å². The Morgan fingerprint density at radius 2 is 2.04 bits per heavy atom. The zero-order valence-electron chi connectivity index (χ0n) is 16.0. The van der Waals surface area contributed by atoms with Crippen LogP contribution in [0.3, 0.4) is 0 Å². The molecule has 150 valence electrons. The van der Waals surface area contributed by atoms with Crippen molar-refractivity contribution in [1.82, 2.24) is 5.32 Å². The molecule has 2 heterocycles. The van der Waals surface area contributed by atoms with Gasteiger partial charge in [-0.15, -0.1) is 11.3 Å². The van der Waals surface area contributed by atoms with Gasteiger partial charge in [-0.2, -0.15) is 0 Å². The van der Waals surface area contributed by atoms with E-state index in [1.165, 1.54) is 21.8 Å². The zero-order chi connectivity index (χ0) is 19.8. The normalized spacial score (nSPS) is 24.3. The van der Waals surface area contributed by atoms with Crippen LogP contribution in [0.1, 0.15) is 53.7 Å². The minimum atomic E-state index is -3.05. The Kier molecular flexibility index (Phi) is 5.68. The molecular weight excluding hydrogens is 386 g/mol. The minimum absolute atomic E-state index is 0.0424. The molecule has 1 aliphatic heterocycles. The van der Waals surface area contributed by atoms with Crippen LogP contribution in [-0.4, -0.2) is 44.4 Å². The molecule has 2 aliphatic rings. The van der Waals surface area contributed by atoms with E-state index in [1.54, 1.807) is 0 Å². The van der Waals surface area contributed by atoms with Crippen molar-refractivity contribution in [2.75, 3.05) is 18.1 Å². The molecule has 1 aromatic rings. The van der Waals surface area contributed by atoms with Crippen LogP contribution in [-0.2, 0) is 32.2 Å². The topological polar surface area (TPSA) is 89.5 Å². The number of amides is 1. The van der Waals surface area contributed by atoms with Crippen LogP contribution in [0.4, 0.5) is 0 Å². The second-order valence-corrected chi connectivity index (χ2v) is 12.0. The third kappa shape index (κ3) is 5.10. The van der Waals surface area contributed by atoms with Crippen molar-refractivity contribution in [2.24, 2.45) is 11.3 Å². The molecule has 0 saturated carbocycles. The number of aryl methyl sites for hydroxylation is 1. The predicted molar refractivity (Wildman–Crippen MR) is 105 cm³/mol. The lowest BCUT2D eigenvalue weighted by atomic mass is 9.72. The van der Waals surface area contributed by atoms with Gasteiger partial charge in [-0.1, -0.05) is 20.8 Å². The van der Waals surface area contributed by atoms with Crippen molar-refractivity contribution < 1.29 is 22.7 Å². The van der Waals surface area contributed by atoms with Gasteiger partial charge in [0, 0.05) is 10.9 Å². The Labute approximate surface area is 164 Å². The lowest BCUT2D eigenvalue weighted by Crippen LogP contribution is -2.38. The molecule has 0 unspecified atom stereocenters. The van der Waals surface area contributed by atoms with E-state index in [4.69, 9.17) is 4.74 Å². The highest BCUT2D eigenvalue weighted by molar-refractivity contribution is 7.91. The molecule has 1 aliphatic carbocycles. The summed E-state index contributed by atoms with van der Waals surface area (Å²) in [5.41, 5.74) is 1.46. The molecule has 27 heavy (non-hydrogen) atoms. The van der Waals surface area contributed by atoms with E-state index in [0.29, 0.717) is 17.2 Å². The van der Waals surface area contributed by atoms with Crippen molar-refractivity contribution in [3.63, 3.8) is 0 Å². The minimum Gasteiger partial charge on any atom is -0.451 e. The molecule has 1 fully saturated rings. The highest BCUT2D eigenvalue weighted by Crippen LogP contribution is 2.40. The Balaban J connectivity index is 1.52. The van der Waals surface area contributed by atoms with E-state index in [0.717, 1.165) is 19.3 Å². The first-order chi connectivity index (χ1) is 12.5. The second kappa shape index (κ2) is 7.54. The van der Waals surface area contributed by atoms with Crippen LogP contribution in [0.15, 0.2) is 6.07 Å². The molecule has 0 spiro atoms. The fraction of sp³-hybridized carbons (Fsp3) is 0.684. The second-order valence-electron chi connectivity index (χ2n) is 8.61. The van der Waals surface area contributed by atoms with Crippen LogP contribution in [0.2, 0.25) is 0 Å². The maximum absolute atomic E-state index is 12.3. The first-order valence-electron chi connectivity index (χ1n) is 9.32. The van der Waals surface area contributed by atoms with Crippen molar-refractivity contribution >= 4 is 33.1 Å². The summed E-state index contributed by atoms with van der Waals surface area (Å²) in [4.78, 5) is 26.0. The number of nitrogens with one attached hydrogen (secondary N) is 1. The number of esters is 1. The number of fused-ring (bicyclic) bond motifs is 1. The molecule has 0 bridgehead atoms. The van der Waals surface area contributed by atoms with Gasteiger partial charge in [-0.25, -0.2) is 13.2 Å². The van der Waals surface area contributed by atoms with Crippen molar-refractivity contribution in [3.05, 3.63) is 21.4 Å². The molecule has 1 aromatic heterocycles. The van der Waals surface area contributed by atoms with E-state index in [9.17, 15) is 18.0 Å². The Morgan fingerprint density at radius 1 is 1.30 bits per heavy atom. The molecular formula is C19H27NO5S2. The van der Waals surface area contributed by atoms with Crippen LogP contribution < -0.4 is 5.32 Å². The van der Waals surface area contributed by atoms with E-state index >= 15 is 0 Å². The van der Waals surface area contributed by atoms with Crippen LogP contribution in [0.25, 0.3) is 0 Å². The van der Waals surface area contributed by atoms with Gasteiger partial charge in [0.15, 0.2) is 16.4 Å². The van der Waals surface area contributed by atoms with Crippen molar-refractivity contribution in [3.8, 4) is 0 Å². The van der Waals surface area contributed by atoms with E-state index in [1.807, 2.05) is 6.07 Å². The van der Waals surface area contributed by atoms with Gasteiger partial charge < -0.3 is 10.1 Å². The molecule has 3 rings (SSSR count). The van der Waals surface area contributed by atoms with Crippen LogP contribution in [0, 0.1) is 11.3 Å². The SMILES string of the molecule is CC(C)(C)[C@@H]1CCc2sc(C(=O)OCC(=O)N[C@H]3CCS(=O)(=O)C3)cc2C1. The first kappa shape index (κ1) is 20.3. The number of rotatable bonds is 4. The summed E-state index contributed by atoms with van der Waals surface area (Å²) in [6.45, 7) is 6.36. The maximum atomic E-state index is 12.3. The Hall–Kier alpha value is -1.41. The van der Waals surface area contributed by atoms with Crippen LogP contribution in [0.5, 0.6) is 0 Å². The maximum Gasteiger partial charge on any atom is 0.348 e. The third-order valence-electron chi connectivity index (χ3n) is 5.44. The standard InChI is InChI=1S/C19H27NO5S2/c1-19(2,3)13-4-5-15-12(8-13)9-16(26-15)18(22)25-10-17(21)20-14-6-7-27(23,24)11-14/h9,13-14H,4-8,10-11H2,1-3H3,(H,20,21)/t13-,14+/m1/s1. The fourth-order valence-corrected chi connectivity index (χ4v) is 6.52. The van der Waals surface area contributed by atoms with Crippen molar-refractivity contribution in [2.45, 2.75) is 52.5 Å². The average Bonchev–Trinajstić information content (AvgIpc) is 3.13. The smallest absolute Gasteiger partial charge is 0.348 e. The summed E-state index contributed by atoms with van der Waals surface area (Å²) in [5.74, 6) is -0.305. The number of carbonyl (C=O) groups excluding carboxylic acids is 2. The molecule has 1 N–H and O–H groups in total. The Bertz CT molecular complexity index is 835. The molecule has 8 heteroatoms. The predicted octanol–water partition coefficient (Wildman–Crippen LogP) is 2.36. The number of ether oxygens (including phenoxy) is 1. The third-order valence-corrected chi connectivity index (χ3v) is 8.43. The van der Waals surface area contributed by atoms with E-state index < -0.39 is 21.7 Å². The number of carbonyl (C=O) groups is 2. The largest absolute Gasteiger partial charge is 0.451 e. The number of hydrogen-bond acceptors (Lipinski definition) is 6. The van der Waals surface area contributed by atoms with E-state index in [2.05, 4.69) is 26.1 Å². The summed E-state index contributed by atoms with van der Waals surface area (Å²) in [7, 11) is -3.05. The van der Waals surface area contributed by atoms with Crippen LogP contribution >= 0.6 is 11.3 Å². The summed E-state index contributed by atoms with van der Waals surface area (Å²) < 4.78 is 28.0.